The molecule has 3 unspecified atom stereocenters. The minimum Gasteiger partial charge on any atom is -0.508 e. The summed E-state index contributed by atoms with van der Waals surface area (Å²) in [5.41, 5.74) is 1.49. The van der Waals surface area contributed by atoms with E-state index in [1.165, 1.54) is 0 Å². The number of aliphatic hydroxyl groups excluding tert-OH is 1. The van der Waals surface area contributed by atoms with Crippen LogP contribution in [0.1, 0.15) is 35.2 Å². The number of likely N-dealkylation sites (tertiary alicyclic amines) is 1. The highest BCUT2D eigenvalue weighted by molar-refractivity contribution is 5.94. The van der Waals surface area contributed by atoms with Gasteiger partial charge in [0.15, 0.2) is 0 Å². The maximum absolute atomic E-state index is 13.1. The summed E-state index contributed by atoms with van der Waals surface area (Å²) in [6.07, 6.45) is 1.78. The second kappa shape index (κ2) is 7.81. The lowest BCUT2D eigenvalue weighted by Gasteiger charge is -2.55. The van der Waals surface area contributed by atoms with Crippen LogP contribution in [0.4, 0.5) is 0 Å². The first kappa shape index (κ1) is 19.9. The molecule has 1 saturated carbocycles. The van der Waals surface area contributed by atoms with E-state index in [9.17, 15) is 15.0 Å². The molecule has 5 heteroatoms. The molecule has 5 nitrogen and oxygen atoms in total. The molecule has 1 aliphatic heterocycles. The molecule has 2 aliphatic rings. The molecule has 1 heterocycles. The molecule has 2 aromatic rings. The van der Waals surface area contributed by atoms with Crippen molar-refractivity contribution in [3.8, 4) is 5.75 Å². The van der Waals surface area contributed by atoms with Crippen LogP contribution in [-0.2, 0) is 5.41 Å². The molecular weight excluding hydrogens is 364 g/mol. The SMILES string of the molecule is CN1CCC2(c3cccc(O)c3)C[C@H](N(C)C(=O)c3ccccc3)CC(O)C2C1. The van der Waals surface area contributed by atoms with Gasteiger partial charge < -0.3 is 20.0 Å². The van der Waals surface area contributed by atoms with Crippen molar-refractivity contribution in [2.45, 2.75) is 36.8 Å². The van der Waals surface area contributed by atoms with E-state index in [-0.39, 0.29) is 29.0 Å². The highest BCUT2D eigenvalue weighted by Gasteiger charge is 2.52. The van der Waals surface area contributed by atoms with Gasteiger partial charge >= 0.3 is 0 Å². The number of carbonyl (C=O) groups is 1. The quantitative estimate of drug-likeness (QED) is 0.840. The molecule has 29 heavy (non-hydrogen) atoms. The number of carbonyl (C=O) groups excluding carboxylic acids is 1. The van der Waals surface area contributed by atoms with E-state index in [0.29, 0.717) is 12.0 Å². The van der Waals surface area contributed by atoms with Gasteiger partial charge in [-0.05, 0) is 62.7 Å². The van der Waals surface area contributed by atoms with Crippen LogP contribution in [0.3, 0.4) is 0 Å². The van der Waals surface area contributed by atoms with Gasteiger partial charge in [-0.3, -0.25) is 4.79 Å². The van der Waals surface area contributed by atoms with Crippen molar-refractivity contribution in [3.05, 3.63) is 65.7 Å². The number of hydrogen-bond acceptors (Lipinski definition) is 4. The number of benzene rings is 2. The molecule has 0 radical (unpaired) electrons. The van der Waals surface area contributed by atoms with Crippen molar-refractivity contribution in [2.24, 2.45) is 5.92 Å². The van der Waals surface area contributed by atoms with E-state index in [1.54, 1.807) is 11.0 Å². The Labute approximate surface area is 172 Å². The van der Waals surface area contributed by atoms with E-state index in [2.05, 4.69) is 18.0 Å². The molecule has 1 saturated heterocycles. The Morgan fingerprint density at radius 1 is 1.17 bits per heavy atom. The molecule has 1 amide bonds. The number of rotatable bonds is 3. The van der Waals surface area contributed by atoms with Gasteiger partial charge in [-0.1, -0.05) is 30.3 Å². The third-order valence-corrected chi connectivity index (χ3v) is 7.05. The summed E-state index contributed by atoms with van der Waals surface area (Å²) < 4.78 is 0. The number of phenolic OH excluding ortho intramolecular Hbond substituents is 1. The molecule has 4 rings (SSSR count). The van der Waals surface area contributed by atoms with Crippen molar-refractivity contribution in [1.29, 1.82) is 0 Å². The van der Waals surface area contributed by atoms with Crippen LogP contribution < -0.4 is 0 Å². The molecule has 4 atom stereocenters. The minimum atomic E-state index is -0.495. The first-order valence-electron chi connectivity index (χ1n) is 10.4. The number of fused-ring (bicyclic) bond motifs is 1. The van der Waals surface area contributed by atoms with Gasteiger partial charge in [-0.2, -0.15) is 0 Å². The van der Waals surface area contributed by atoms with Gasteiger partial charge in [0.2, 0.25) is 0 Å². The smallest absolute Gasteiger partial charge is 0.253 e. The lowest BCUT2D eigenvalue weighted by molar-refractivity contribution is -0.0566. The third kappa shape index (κ3) is 3.65. The lowest BCUT2D eigenvalue weighted by atomic mass is 9.57. The van der Waals surface area contributed by atoms with Crippen molar-refractivity contribution in [1.82, 2.24) is 9.80 Å². The highest BCUT2D eigenvalue weighted by Crippen LogP contribution is 2.50. The van der Waals surface area contributed by atoms with Crippen LogP contribution in [0.5, 0.6) is 5.75 Å². The maximum atomic E-state index is 13.1. The molecule has 0 spiro atoms. The molecule has 2 fully saturated rings. The third-order valence-electron chi connectivity index (χ3n) is 7.05. The number of nitrogens with zero attached hydrogens (tertiary/aromatic N) is 2. The van der Waals surface area contributed by atoms with Crippen molar-refractivity contribution in [3.63, 3.8) is 0 Å². The number of amides is 1. The van der Waals surface area contributed by atoms with Crippen LogP contribution in [0.15, 0.2) is 54.6 Å². The van der Waals surface area contributed by atoms with Gasteiger partial charge in [0, 0.05) is 36.5 Å². The van der Waals surface area contributed by atoms with Crippen LogP contribution >= 0.6 is 0 Å². The molecule has 154 valence electrons. The zero-order valence-corrected chi connectivity index (χ0v) is 17.2. The Bertz CT molecular complexity index is 871. The summed E-state index contributed by atoms with van der Waals surface area (Å²) in [5, 5.41) is 21.3. The summed E-state index contributed by atoms with van der Waals surface area (Å²) in [7, 11) is 3.94. The Balaban J connectivity index is 1.68. The van der Waals surface area contributed by atoms with Crippen LogP contribution in [0.2, 0.25) is 0 Å². The number of phenols is 1. The van der Waals surface area contributed by atoms with Crippen molar-refractivity contribution in [2.75, 3.05) is 27.2 Å². The first-order chi connectivity index (χ1) is 13.9. The fraction of sp³-hybridized carbons (Fsp3) is 0.458. The molecule has 0 aromatic heterocycles. The Hall–Kier alpha value is -2.37. The van der Waals surface area contributed by atoms with Gasteiger partial charge in [0.25, 0.3) is 5.91 Å². The normalized spacial score (nSPS) is 29.8. The monoisotopic (exact) mass is 394 g/mol. The van der Waals surface area contributed by atoms with E-state index < -0.39 is 6.10 Å². The fourth-order valence-corrected chi connectivity index (χ4v) is 5.40. The average Bonchev–Trinajstić information content (AvgIpc) is 2.74. The maximum Gasteiger partial charge on any atom is 0.253 e. The topological polar surface area (TPSA) is 64.0 Å². The second-order valence-electron chi connectivity index (χ2n) is 8.77. The van der Waals surface area contributed by atoms with Gasteiger partial charge in [0.1, 0.15) is 5.75 Å². The molecule has 1 aliphatic carbocycles. The number of piperidine rings is 1. The van der Waals surface area contributed by atoms with E-state index >= 15 is 0 Å². The van der Waals surface area contributed by atoms with E-state index in [1.807, 2.05) is 49.5 Å². The molecular formula is C24H30N2O3. The second-order valence-corrected chi connectivity index (χ2v) is 8.77. The predicted octanol–water partition coefficient (Wildman–Crippen LogP) is 2.88. The summed E-state index contributed by atoms with van der Waals surface area (Å²) in [6.45, 7) is 1.75. The van der Waals surface area contributed by atoms with Crippen molar-refractivity contribution >= 4 is 5.91 Å². The molecule has 2 N–H and O–H groups in total. The van der Waals surface area contributed by atoms with E-state index in [0.717, 1.165) is 31.5 Å². The van der Waals surface area contributed by atoms with Crippen LogP contribution in [0, 0.1) is 5.92 Å². The Morgan fingerprint density at radius 2 is 1.93 bits per heavy atom. The lowest BCUT2D eigenvalue weighted by Crippen LogP contribution is -2.60. The van der Waals surface area contributed by atoms with Gasteiger partial charge in [-0.25, -0.2) is 0 Å². The van der Waals surface area contributed by atoms with Gasteiger partial charge in [-0.15, -0.1) is 0 Å². The van der Waals surface area contributed by atoms with Crippen LogP contribution in [0.25, 0.3) is 0 Å². The number of aliphatic hydroxyl groups is 1. The summed E-state index contributed by atoms with van der Waals surface area (Å²) in [6, 6.07) is 16.7. The number of aromatic hydroxyl groups is 1. The first-order valence-corrected chi connectivity index (χ1v) is 10.4. The summed E-state index contributed by atoms with van der Waals surface area (Å²) >= 11 is 0. The fourth-order valence-electron chi connectivity index (χ4n) is 5.40. The van der Waals surface area contributed by atoms with E-state index in [4.69, 9.17) is 0 Å². The van der Waals surface area contributed by atoms with Crippen LogP contribution in [-0.4, -0.2) is 65.3 Å². The zero-order chi connectivity index (χ0) is 20.6. The predicted molar refractivity (Wildman–Crippen MR) is 113 cm³/mol. The minimum absolute atomic E-state index is 0.0137. The standard InChI is InChI=1S/C24H30N2O3/c1-25-12-11-24(18-9-6-10-20(27)13-18)15-19(14-22(28)21(24)16-25)26(2)23(29)17-7-4-3-5-8-17/h3-10,13,19,21-22,27-28H,11-12,14-16H2,1-2H3/t19-,21?,22?,24?/m1/s1. The molecule has 0 bridgehead atoms. The highest BCUT2D eigenvalue weighted by atomic mass is 16.3. The Kier molecular flexibility index (Phi) is 5.36. The summed E-state index contributed by atoms with van der Waals surface area (Å²) in [5.74, 6) is 0.319. The zero-order valence-electron chi connectivity index (χ0n) is 17.2. The molecule has 2 aromatic carbocycles. The van der Waals surface area contributed by atoms with Crippen molar-refractivity contribution < 1.29 is 15.0 Å². The average molecular weight is 395 g/mol. The largest absolute Gasteiger partial charge is 0.508 e. The summed E-state index contributed by atoms with van der Waals surface area (Å²) in [4.78, 5) is 17.1. The van der Waals surface area contributed by atoms with Gasteiger partial charge in [0.05, 0.1) is 6.10 Å². The Morgan fingerprint density at radius 3 is 2.66 bits per heavy atom. The number of hydrogen-bond donors (Lipinski definition) is 2.